The second-order valence-corrected chi connectivity index (χ2v) is 7.46. The molecule has 0 bridgehead atoms. The topological polar surface area (TPSA) is 41.7 Å². The minimum atomic E-state index is 0.694. The van der Waals surface area contributed by atoms with E-state index in [0.717, 1.165) is 62.2 Å². The van der Waals surface area contributed by atoms with Gasteiger partial charge in [0, 0.05) is 39.3 Å². The Labute approximate surface area is 171 Å². The number of rotatable bonds is 5. The van der Waals surface area contributed by atoms with Crippen LogP contribution >= 0.6 is 12.2 Å². The summed E-state index contributed by atoms with van der Waals surface area (Å²) in [6.07, 6.45) is 5.43. The van der Waals surface area contributed by atoms with E-state index in [1.165, 1.54) is 0 Å². The fourth-order valence-corrected chi connectivity index (χ4v) is 3.95. The predicted molar refractivity (Wildman–Crippen MR) is 112 cm³/mol. The van der Waals surface area contributed by atoms with E-state index in [0.29, 0.717) is 19.9 Å². The van der Waals surface area contributed by atoms with Crippen molar-refractivity contribution >= 4 is 18.2 Å². The van der Waals surface area contributed by atoms with Crippen molar-refractivity contribution in [2.45, 2.75) is 6.67 Å². The van der Waals surface area contributed by atoms with E-state index >= 15 is 0 Å². The van der Waals surface area contributed by atoms with Crippen molar-refractivity contribution in [3.63, 3.8) is 0 Å². The highest BCUT2D eigenvalue weighted by molar-refractivity contribution is 7.71. The zero-order valence-electron chi connectivity index (χ0n) is 16.0. The van der Waals surface area contributed by atoms with Gasteiger partial charge in [0.2, 0.25) is 10.7 Å². The van der Waals surface area contributed by atoms with Crippen LogP contribution in [-0.4, -0.2) is 83.2 Å². The van der Waals surface area contributed by atoms with E-state index in [1.54, 1.807) is 0 Å². The Morgan fingerprint density at radius 2 is 1.68 bits per heavy atom. The molecule has 2 aliphatic rings. The summed E-state index contributed by atoms with van der Waals surface area (Å²) in [5, 5.41) is 4.92. The molecule has 3 heterocycles. The second-order valence-electron chi connectivity index (χ2n) is 7.09. The molecule has 0 saturated carbocycles. The van der Waals surface area contributed by atoms with Crippen molar-refractivity contribution in [3.05, 3.63) is 35.1 Å². The molecule has 0 N–H and O–H groups in total. The van der Waals surface area contributed by atoms with Crippen LogP contribution < -0.4 is 4.90 Å². The zero-order valence-corrected chi connectivity index (χ0v) is 16.9. The first-order valence-corrected chi connectivity index (χ1v) is 10.1. The highest BCUT2D eigenvalue weighted by Crippen LogP contribution is 2.21. The van der Waals surface area contributed by atoms with Crippen LogP contribution in [0.25, 0.3) is 5.69 Å². The van der Waals surface area contributed by atoms with E-state index in [1.807, 2.05) is 22.9 Å². The number of aromatic nitrogens is 3. The molecule has 0 aliphatic carbocycles. The van der Waals surface area contributed by atoms with Gasteiger partial charge in [-0.25, -0.2) is 4.68 Å². The number of para-hydroxylation sites is 1. The maximum absolute atomic E-state index is 5.84. The van der Waals surface area contributed by atoms with Gasteiger partial charge < -0.3 is 9.64 Å². The molecule has 7 nitrogen and oxygen atoms in total. The lowest BCUT2D eigenvalue weighted by Crippen LogP contribution is -2.46. The van der Waals surface area contributed by atoms with Gasteiger partial charge in [-0.1, -0.05) is 24.1 Å². The summed E-state index contributed by atoms with van der Waals surface area (Å²) in [5.41, 5.74) is 1.04. The molecule has 148 valence electrons. The Kier molecular flexibility index (Phi) is 6.07. The van der Waals surface area contributed by atoms with Crippen LogP contribution in [0.15, 0.2) is 30.3 Å². The lowest BCUT2D eigenvalue weighted by Gasteiger charge is -2.33. The normalized spacial score (nSPS) is 18.9. The number of nitrogens with zero attached hydrogens (tertiary/aromatic N) is 6. The van der Waals surface area contributed by atoms with Gasteiger partial charge in [-0.05, 0) is 24.4 Å². The largest absolute Gasteiger partial charge is 0.378 e. The molecule has 1 aromatic heterocycles. The van der Waals surface area contributed by atoms with Gasteiger partial charge in [0.15, 0.2) is 0 Å². The van der Waals surface area contributed by atoms with Gasteiger partial charge in [-0.15, -0.1) is 11.5 Å². The quantitative estimate of drug-likeness (QED) is 0.561. The fourth-order valence-electron chi connectivity index (χ4n) is 3.67. The molecule has 0 atom stereocenters. The van der Waals surface area contributed by atoms with E-state index in [9.17, 15) is 0 Å². The molecule has 0 spiro atoms. The van der Waals surface area contributed by atoms with Crippen molar-refractivity contribution < 1.29 is 4.74 Å². The molecule has 2 aliphatic heterocycles. The first-order valence-electron chi connectivity index (χ1n) is 9.72. The molecule has 0 amide bonds. The van der Waals surface area contributed by atoms with Gasteiger partial charge >= 0.3 is 0 Å². The lowest BCUT2D eigenvalue weighted by atomic mass is 10.3. The number of morpholine rings is 1. The molecule has 4 rings (SSSR count). The number of ether oxygens (including phenoxy) is 1. The first kappa shape index (κ1) is 19.2. The Morgan fingerprint density at radius 3 is 2.36 bits per heavy atom. The van der Waals surface area contributed by atoms with Crippen molar-refractivity contribution in [2.24, 2.45) is 0 Å². The average Bonchev–Trinajstić information content (AvgIpc) is 3.07. The molecule has 1 aromatic carbocycles. The molecule has 0 unspecified atom stereocenters. The summed E-state index contributed by atoms with van der Waals surface area (Å²) in [4.78, 5) is 6.94. The molecule has 8 heteroatoms. The Balaban J connectivity index is 1.59. The van der Waals surface area contributed by atoms with Gasteiger partial charge in [-0.2, -0.15) is 0 Å². The maximum atomic E-state index is 5.84. The van der Waals surface area contributed by atoms with Crippen LogP contribution in [0.2, 0.25) is 0 Å². The number of hydrogen-bond donors (Lipinski definition) is 0. The predicted octanol–water partition coefficient (Wildman–Crippen LogP) is 1.45. The third kappa shape index (κ3) is 4.13. The van der Waals surface area contributed by atoms with E-state index in [2.05, 4.69) is 37.3 Å². The van der Waals surface area contributed by atoms with Crippen molar-refractivity contribution in [2.75, 3.05) is 63.9 Å². The van der Waals surface area contributed by atoms with Gasteiger partial charge in [0.1, 0.15) is 0 Å². The van der Waals surface area contributed by atoms with Crippen LogP contribution in [0, 0.1) is 17.1 Å². The minimum absolute atomic E-state index is 0.694. The van der Waals surface area contributed by atoms with Gasteiger partial charge in [0.25, 0.3) is 0 Å². The standard InChI is InChI=1S/C20H26N6OS/c1-2-8-22-9-11-23(12-10-22)17-25-20(28)26(18-6-4-3-5-7-18)19(21-25)24-13-15-27-16-14-24/h1,3-7H,8-17H2. The second kappa shape index (κ2) is 8.88. The van der Waals surface area contributed by atoms with Crippen molar-refractivity contribution in [3.8, 4) is 18.0 Å². The zero-order chi connectivity index (χ0) is 19.3. The average molecular weight is 399 g/mol. The molecular weight excluding hydrogens is 372 g/mol. The smallest absolute Gasteiger partial charge is 0.230 e. The molecular formula is C20H26N6OS. The summed E-state index contributed by atoms with van der Waals surface area (Å²) in [5.74, 6) is 3.62. The van der Waals surface area contributed by atoms with E-state index in [-0.39, 0.29) is 0 Å². The summed E-state index contributed by atoms with van der Waals surface area (Å²) >= 11 is 5.84. The Bertz CT molecular complexity index is 872. The number of anilines is 1. The monoisotopic (exact) mass is 398 g/mol. The summed E-state index contributed by atoms with van der Waals surface area (Å²) in [7, 11) is 0. The maximum Gasteiger partial charge on any atom is 0.230 e. The molecule has 2 saturated heterocycles. The fraction of sp³-hybridized carbons (Fsp3) is 0.500. The van der Waals surface area contributed by atoms with Crippen LogP contribution in [0.5, 0.6) is 0 Å². The lowest BCUT2D eigenvalue weighted by molar-refractivity contribution is 0.111. The highest BCUT2D eigenvalue weighted by atomic mass is 32.1. The number of piperazine rings is 1. The number of benzene rings is 1. The summed E-state index contributed by atoms with van der Waals surface area (Å²) in [6, 6.07) is 10.2. The van der Waals surface area contributed by atoms with Crippen LogP contribution in [0.1, 0.15) is 0 Å². The van der Waals surface area contributed by atoms with Crippen molar-refractivity contribution in [1.29, 1.82) is 0 Å². The Hall–Kier alpha value is -2.18. The molecule has 28 heavy (non-hydrogen) atoms. The van der Waals surface area contributed by atoms with Crippen molar-refractivity contribution in [1.82, 2.24) is 24.1 Å². The summed E-state index contributed by atoms with van der Waals surface area (Å²) < 4.78 is 10.3. The van der Waals surface area contributed by atoms with Gasteiger partial charge in [0.05, 0.1) is 32.1 Å². The molecule has 2 aromatic rings. The summed E-state index contributed by atoms with van der Waals surface area (Å²) in [6.45, 7) is 8.38. The Morgan fingerprint density at radius 1 is 1.00 bits per heavy atom. The first-order chi connectivity index (χ1) is 13.8. The number of hydrogen-bond acceptors (Lipinski definition) is 6. The van der Waals surface area contributed by atoms with E-state index < -0.39 is 0 Å². The third-order valence-corrected chi connectivity index (χ3v) is 5.64. The SMILES string of the molecule is C#CCN1CCN(Cn2nc(N3CCOCC3)n(-c3ccccc3)c2=S)CC1. The molecule has 2 fully saturated rings. The van der Waals surface area contributed by atoms with E-state index in [4.69, 9.17) is 28.5 Å². The number of terminal acetylenes is 1. The highest BCUT2D eigenvalue weighted by Gasteiger charge is 2.23. The van der Waals surface area contributed by atoms with Crippen LogP contribution in [0.4, 0.5) is 5.95 Å². The van der Waals surface area contributed by atoms with Gasteiger partial charge in [-0.3, -0.25) is 14.4 Å². The molecule has 0 radical (unpaired) electrons. The third-order valence-electron chi connectivity index (χ3n) is 5.24. The minimum Gasteiger partial charge on any atom is -0.378 e. The van der Waals surface area contributed by atoms with Crippen LogP contribution in [0.3, 0.4) is 0 Å². The van der Waals surface area contributed by atoms with Crippen LogP contribution in [-0.2, 0) is 11.4 Å².